The number of anilines is 1. The minimum atomic E-state index is -3.81. The Morgan fingerprint density at radius 1 is 1.52 bits per heavy atom. The molecule has 1 aromatic rings. The standard InChI is InChI=1S/C12H19BrN2O4S2/c1-7(11(6-16)20-3)15-21(17,18)12-5-9(14)8(13)4-10(12)19-2/h4-5,7,11,15-16H,6,14H2,1-3H3. The van der Waals surface area contributed by atoms with Crippen molar-refractivity contribution in [2.24, 2.45) is 0 Å². The van der Waals surface area contributed by atoms with Crippen molar-refractivity contribution in [2.45, 2.75) is 23.1 Å². The first-order valence-corrected chi connectivity index (χ1v) is 9.62. The highest BCUT2D eigenvalue weighted by Gasteiger charge is 2.26. The average molecular weight is 399 g/mol. The maximum atomic E-state index is 12.5. The number of hydrogen-bond acceptors (Lipinski definition) is 6. The molecular weight excluding hydrogens is 380 g/mol. The molecule has 6 nitrogen and oxygen atoms in total. The second-order valence-corrected chi connectivity index (χ2v) is 8.00. The molecule has 0 saturated carbocycles. The molecule has 120 valence electrons. The largest absolute Gasteiger partial charge is 0.495 e. The Kier molecular flexibility index (Phi) is 6.79. The molecule has 0 aliphatic rings. The van der Waals surface area contributed by atoms with Crippen LogP contribution in [0.5, 0.6) is 5.75 Å². The molecule has 0 aliphatic carbocycles. The first-order chi connectivity index (χ1) is 9.76. The van der Waals surface area contributed by atoms with Crippen molar-refractivity contribution in [3.8, 4) is 5.75 Å². The number of ether oxygens (including phenoxy) is 1. The van der Waals surface area contributed by atoms with Gasteiger partial charge in [-0.3, -0.25) is 0 Å². The minimum Gasteiger partial charge on any atom is -0.495 e. The molecule has 0 radical (unpaired) electrons. The van der Waals surface area contributed by atoms with Gasteiger partial charge in [0.25, 0.3) is 0 Å². The molecule has 21 heavy (non-hydrogen) atoms. The summed E-state index contributed by atoms with van der Waals surface area (Å²) in [5.41, 5.74) is 6.04. The van der Waals surface area contributed by atoms with Gasteiger partial charge in [-0.05, 0) is 41.2 Å². The van der Waals surface area contributed by atoms with Crippen LogP contribution >= 0.6 is 27.7 Å². The Labute approximate surface area is 137 Å². The molecule has 9 heteroatoms. The summed E-state index contributed by atoms with van der Waals surface area (Å²) in [5, 5.41) is 9.00. The van der Waals surface area contributed by atoms with Crippen LogP contribution in [0.15, 0.2) is 21.5 Å². The van der Waals surface area contributed by atoms with E-state index in [1.807, 2.05) is 6.26 Å². The summed E-state index contributed by atoms with van der Waals surface area (Å²) < 4.78 is 33.1. The number of rotatable bonds is 7. The first-order valence-electron chi connectivity index (χ1n) is 6.05. The zero-order chi connectivity index (χ0) is 16.2. The van der Waals surface area contributed by atoms with Gasteiger partial charge in [0.2, 0.25) is 10.0 Å². The van der Waals surface area contributed by atoms with Crippen LogP contribution in [-0.4, -0.2) is 44.8 Å². The lowest BCUT2D eigenvalue weighted by Crippen LogP contribution is -2.41. The van der Waals surface area contributed by atoms with E-state index < -0.39 is 16.1 Å². The maximum absolute atomic E-state index is 12.5. The highest BCUT2D eigenvalue weighted by molar-refractivity contribution is 9.10. The van der Waals surface area contributed by atoms with Crippen molar-refractivity contribution in [1.29, 1.82) is 0 Å². The summed E-state index contributed by atoms with van der Waals surface area (Å²) in [5.74, 6) is 0.195. The van der Waals surface area contributed by atoms with Crippen LogP contribution in [0.3, 0.4) is 0 Å². The van der Waals surface area contributed by atoms with E-state index in [4.69, 9.17) is 10.5 Å². The Balaban J connectivity index is 3.16. The smallest absolute Gasteiger partial charge is 0.244 e. The van der Waals surface area contributed by atoms with Gasteiger partial charge in [-0.15, -0.1) is 0 Å². The van der Waals surface area contributed by atoms with Gasteiger partial charge in [0.05, 0.1) is 13.7 Å². The molecule has 0 aliphatic heterocycles. The van der Waals surface area contributed by atoms with E-state index in [0.29, 0.717) is 10.2 Å². The van der Waals surface area contributed by atoms with E-state index in [9.17, 15) is 13.5 Å². The topological polar surface area (TPSA) is 102 Å². The number of nitrogen functional groups attached to an aromatic ring is 1. The number of methoxy groups -OCH3 is 1. The molecule has 2 unspecified atom stereocenters. The van der Waals surface area contributed by atoms with Crippen molar-refractivity contribution in [3.63, 3.8) is 0 Å². The highest BCUT2D eigenvalue weighted by atomic mass is 79.9. The van der Waals surface area contributed by atoms with E-state index in [0.717, 1.165) is 0 Å². The van der Waals surface area contributed by atoms with E-state index >= 15 is 0 Å². The fourth-order valence-corrected chi connectivity index (χ4v) is 4.25. The van der Waals surface area contributed by atoms with Crippen LogP contribution in [0.25, 0.3) is 0 Å². The molecule has 1 aromatic carbocycles. The lowest BCUT2D eigenvalue weighted by atomic mass is 10.3. The number of aliphatic hydroxyl groups is 1. The second kappa shape index (κ2) is 7.68. The number of nitrogens with one attached hydrogen (secondary N) is 1. The predicted octanol–water partition coefficient (Wildman–Crippen LogP) is 1.43. The van der Waals surface area contributed by atoms with Gasteiger partial charge < -0.3 is 15.6 Å². The van der Waals surface area contributed by atoms with Crippen molar-refractivity contribution >= 4 is 43.4 Å². The molecule has 0 aromatic heterocycles. The average Bonchev–Trinajstić information content (AvgIpc) is 2.42. The van der Waals surface area contributed by atoms with Gasteiger partial charge in [-0.2, -0.15) is 11.8 Å². The predicted molar refractivity (Wildman–Crippen MR) is 89.3 cm³/mol. The lowest BCUT2D eigenvalue weighted by Gasteiger charge is -2.22. The quantitative estimate of drug-likeness (QED) is 0.600. The summed E-state index contributed by atoms with van der Waals surface area (Å²) in [4.78, 5) is -0.0321. The normalized spacial score (nSPS) is 14.7. The van der Waals surface area contributed by atoms with Crippen LogP contribution in [0.4, 0.5) is 5.69 Å². The van der Waals surface area contributed by atoms with E-state index in [2.05, 4.69) is 20.7 Å². The molecule has 1 rings (SSSR count). The SMILES string of the molecule is COc1cc(Br)c(N)cc1S(=O)(=O)NC(C)C(CO)SC. The van der Waals surface area contributed by atoms with Gasteiger partial charge in [0.1, 0.15) is 10.6 Å². The molecule has 0 saturated heterocycles. The fraction of sp³-hybridized carbons (Fsp3) is 0.500. The Bertz CT molecular complexity index is 591. The zero-order valence-corrected chi connectivity index (χ0v) is 15.2. The third-order valence-electron chi connectivity index (χ3n) is 2.95. The third kappa shape index (κ3) is 4.49. The van der Waals surface area contributed by atoms with Crippen molar-refractivity contribution in [2.75, 3.05) is 25.7 Å². The second-order valence-electron chi connectivity index (χ2n) is 4.39. The number of hydrogen-bond donors (Lipinski definition) is 3. The molecule has 2 atom stereocenters. The summed E-state index contributed by atoms with van der Waals surface area (Å²) in [6, 6.07) is 2.40. The monoisotopic (exact) mass is 398 g/mol. The molecule has 4 N–H and O–H groups in total. The van der Waals surface area contributed by atoms with Crippen molar-refractivity contribution in [1.82, 2.24) is 4.72 Å². The first kappa shape index (κ1) is 18.6. The van der Waals surface area contributed by atoms with E-state index in [-0.39, 0.29) is 22.5 Å². The molecule has 0 bridgehead atoms. The number of sulfonamides is 1. The van der Waals surface area contributed by atoms with Crippen LogP contribution in [0.2, 0.25) is 0 Å². The van der Waals surface area contributed by atoms with Crippen LogP contribution in [0.1, 0.15) is 6.92 Å². The maximum Gasteiger partial charge on any atom is 0.244 e. The third-order valence-corrected chi connectivity index (χ3v) is 6.38. The van der Waals surface area contributed by atoms with Crippen molar-refractivity contribution < 1.29 is 18.3 Å². The zero-order valence-electron chi connectivity index (χ0n) is 12.0. The van der Waals surface area contributed by atoms with E-state index in [1.165, 1.54) is 31.0 Å². The summed E-state index contributed by atoms with van der Waals surface area (Å²) in [7, 11) is -2.42. The lowest BCUT2D eigenvalue weighted by molar-refractivity contribution is 0.282. The Morgan fingerprint density at radius 2 is 2.14 bits per heavy atom. The fourth-order valence-electron chi connectivity index (χ4n) is 1.74. The molecule has 0 spiro atoms. The van der Waals surface area contributed by atoms with Gasteiger partial charge in [0.15, 0.2) is 0 Å². The summed E-state index contributed by atoms with van der Waals surface area (Å²) >= 11 is 4.62. The molecular formula is C12H19BrN2O4S2. The number of thioether (sulfide) groups is 1. The van der Waals surface area contributed by atoms with Gasteiger partial charge >= 0.3 is 0 Å². The molecule has 0 amide bonds. The number of halogens is 1. The van der Waals surface area contributed by atoms with Gasteiger partial charge in [-0.1, -0.05) is 0 Å². The molecule has 0 fully saturated rings. The van der Waals surface area contributed by atoms with Crippen molar-refractivity contribution in [3.05, 3.63) is 16.6 Å². The van der Waals surface area contributed by atoms with E-state index in [1.54, 1.807) is 6.92 Å². The van der Waals surface area contributed by atoms with Crippen LogP contribution < -0.4 is 15.2 Å². The van der Waals surface area contributed by atoms with Crippen LogP contribution in [-0.2, 0) is 10.0 Å². The Hall–Kier alpha value is -0.480. The minimum absolute atomic E-state index is 0.0321. The molecule has 0 heterocycles. The van der Waals surface area contributed by atoms with Crippen LogP contribution in [0, 0.1) is 0 Å². The summed E-state index contributed by atoms with van der Waals surface area (Å²) in [6.07, 6.45) is 1.81. The van der Waals surface area contributed by atoms with Gasteiger partial charge in [0, 0.05) is 21.5 Å². The highest BCUT2D eigenvalue weighted by Crippen LogP contribution is 2.32. The number of aliphatic hydroxyl groups excluding tert-OH is 1. The number of nitrogens with two attached hydrogens (primary N) is 1. The van der Waals surface area contributed by atoms with Gasteiger partial charge in [-0.25, -0.2) is 13.1 Å². The Morgan fingerprint density at radius 3 is 2.62 bits per heavy atom. The summed E-state index contributed by atoms with van der Waals surface area (Å²) in [6.45, 7) is 1.58. The number of benzene rings is 1.